The van der Waals surface area contributed by atoms with Crippen LogP contribution in [0.4, 0.5) is 4.79 Å². The Hall–Kier alpha value is -4.10. The number of fused-ring (bicyclic) bond motifs is 1. The van der Waals surface area contributed by atoms with E-state index in [-0.39, 0.29) is 12.2 Å². The molecule has 3 aromatic carbocycles. The van der Waals surface area contributed by atoms with E-state index in [0.717, 1.165) is 27.6 Å². The van der Waals surface area contributed by atoms with Gasteiger partial charge in [-0.25, -0.2) is 4.79 Å². The maximum absolute atomic E-state index is 13.0. The number of carbonyl (C=O) groups excluding carboxylic acids is 1. The van der Waals surface area contributed by atoms with Crippen molar-refractivity contribution in [1.82, 2.24) is 4.57 Å². The van der Waals surface area contributed by atoms with Crippen LogP contribution in [-0.4, -0.2) is 32.4 Å². The summed E-state index contributed by atoms with van der Waals surface area (Å²) in [5.74, 6) is -1.07. The zero-order chi connectivity index (χ0) is 26.0. The number of carboxylic acids is 1. The average molecular weight is 487 g/mol. The fourth-order valence-corrected chi connectivity index (χ4v) is 4.26. The Kier molecular flexibility index (Phi) is 6.86. The second-order valence-electron chi connectivity index (χ2n) is 9.81. The van der Waals surface area contributed by atoms with Gasteiger partial charge in [-0.3, -0.25) is 9.36 Å². The Morgan fingerprint density at radius 1 is 0.944 bits per heavy atom. The number of rotatable bonds is 6. The molecule has 0 aliphatic heterocycles. The lowest BCUT2D eigenvalue weighted by Crippen LogP contribution is -2.26. The molecule has 4 N–H and O–H groups in total. The Morgan fingerprint density at radius 2 is 1.64 bits per heavy atom. The van der Waals surface area contributed by atoms with Gasteiger partial charge in [-0.1, -0.05) is 42.5 Å². The molecule has 36 heavy (non-hydrogen) atoms. The van der Waals surface area contributed by atoms with Crippen molar-refractivity contribution in [3.8, 4) is 16.9 Å². The molecule has 7 heteroatoms. The lowest BCUT2D eigenvalue weighted by molar-refractivity contribution is -0.136. The van der Waals surface area contributed by atoms with Crippen LogP contribution in [0.1, 0.15) is 43.0 Å². The number of hydrogen-bond donors (Lipinski definition) is 3. The van der Waals surface area contributed by atoms with Crippen molar-refractivity contribution in [3.63, 3.8) is 0 Å². The normalized spacial score (nSPS) is 11.6. The van der Waals surface area contributed by atoms with Crippen LogP contribution in [0.3, 0.4) is 0 Å². The van der Waals surface area contributed by atoms with Crippen LogP contribution in [0.15, 0.2) is 66.9 Å². The molecule has 0 spiro atoms. The minimum atomic E-state index is -1.02. The zero-order valence-corrected chi connectivity index (χ0v) is 20.6. The summed E-state index contributed by atoms with van der Waals surface area (Å²) in [5, 5.41) is 20.8. The molecule has 0 saturated carbocycles. The topological polar surface area (TPSA) is 115 Å². The van der Waals surface area contributed by atoms with Gasteiger partial charge < -0.3 is 20.7 Å². The summed E-state index contributed by atoms with van der Waals surface area (Å²) < 4.78 is 7.10. The van der Waals surface area contributed by atoms with Crippen molar-refractivity contribution >= 4 is 23.0 Å². The summed E-state index contributed by atoms with van der Waals surface area (Å²) in [7, 11) is 0. The van der Waals surface area contributed by atoms with Crippen molar-refractivity contribution in [3.05, 3.63) is 89.1 Å². The summed E-state index contributed by atoms with van der Waals surface area (Å²) in [4.78, 5) is 24.2. The maximum atomic E-state index is 13.0. The van der Waals surface area contributed by atoms with Crippen LogP contribution in [0.5, 0.6) is 5.75 Å². The molecular weight excluding hydrogens is 456 g/mol. The molecule has 186 valence electrons. The number of ether oxygens (including phenoxy) is 1. The van der Waals surface area contributed by atoms with Crippen LogP contribution in [0.2, 0.25) is 0 Å². The predicted molar refractivity (Wildman–Crippen MR) is 139 cm³/mol. The number of phenolic OH excluding ortho intramolecular Hbond substituents is 1. The number of carbonyl (C=O) groups is 2. The molecule has 0 fully saturated rings. The van der Waals surface area contributed by atoms with Crippen molar-refractivity contribution < 1.29 is 24.5 Å². The zero-order valence-electron chi connectivity index (χ0n) is 20.6. The van der Waals surface area contributed by atoms with E-state index in [4.69, 9.17) is 10.5 Å². The van der Waals surface area contributed by atoms with E-state index >= 15 is 0 Å². The monoisotopic (exact) mass is 486 g/mol. The quantitative estimate of drug-likeness (QED) is 0.333. The van der Waals surface area contributed by atoms with Gasteiger partial charge in [-0.15, -0.1) is 0 Å². The number of para-hydroxylation sites is 1. The number of aromatic nitrogens is 1. The van der Waals surface area contributed by atoms with Crippen LogP contribution in [0.25, 0.3) is 22.0 Å². The van der Waals surface area contributed by atoms with Crippen molar-refractivity contribution in [2.24, 2.45) is 5.73 Å². The number of carboxylic acid groups (broad SMARTS) is 1. The number of aromatic hydroxyl groups is 1. The highest BCUT2D eigenvalue weighted by molar-refractivity contribution is 5.95. The number of nitrogens with two attached hydrogens (primary N) is 1. The van der Waals surface area contributed by atoms with E-state index in [0.29, 0.717) is 29.6 Å². The smallest absolute Gasteiger partial charge is 0.419 e. The third-order valence-corrected chi connectivity index (χ3v) is 5.90. The van der Waals surface area contributed by atoms with Crippen LogP contribution >= 0.6 is 0 Å². The molecule has 0 saturated heterocycles. The molecule has 4 aromatic rings. The van der Waals surface area contributed by atoms with E-state index in [1.165, 1.54) is 4.57 Å². The summed E-state index contributed by atoms with van der Waals surface area (Å²) in [5.41, 5.74) is 10.5. The van der Waals surface area contributed by atoms with E-state index in [1.54, 1.807) is 24.4 Å². The van der Waals surface area contributed by atoms with Gasteiger partial charge >= 0.3 is 12.1 Å². The van der Waals surface area contributed by atoms with Crippen molar-refractivity contribution in [2.45, 2.75) is 45.8 Å². The van der Waals surface area contributed by atoms with Gasteiger partial charge in [0.2, 0.25) is 0 Å². The maximum Gasteiger partial charge on any atom is 0.419 e. The van der Waals surface area contributed by atoms with Crippen LogP contribution in [-0.2, 0) is 28.9 Å². The van der Waals surface area contributed by atoms with E-state index < -0.39 is 17.7 Å². The largest absolute Gasteiger partial charge is 0.507 e. The average Bonchev–Trinajstić information content (AvgIpc) is 3.18. The number of benzene rings is 3. The van der Waals surface area contributed by atoms with Gasteiger partial charge in [-0.2, -0.15) is 0 Å². The fourth-order valence-electron chi connectivity index (χ4n) is 4.26. The Balaban J connectivity index is 1.84. The third-order valence-electron chi connectivity index (χ3n) is 5.90. The van der Waals surface area contributed by atoms with Gasteiger partial charge in [-0.05, 0) is 66.8 Å². The SMILES string of the molecule is CC(C)(C)OC(=O)n1cc(Cc2cccc(CC(=O)O)c2O)c2cc(-c3cccc(CN)c3)ccc21. The number of nitrogens with zero attached hydrogens (tertiary/aromatic N) is 1. The van der Waals surface area contributed by atoms with E-state index in [2.05, 4.69) is 0 Å². The molecular formula is C29H30N2O5. The molecule has 0 bridgehead atoms. The lowest BCUT2D eigenvalue weighted by atomic mass is 9.97. The fraction of sp³-hybridized carbons (Fsp3) is 0.241. The van der Waals surface area contributed by atoms with Gasteiger partial charge in [0.05, 0.1) is 11.9 Å². The highest BCUT2D eigenvalue weighted by Gasteiger charge is 2.22. The molecule has 0 unspecified atom stereocenters. The van der Waals surface area contributed by atoms with Gasteiger partial charge in [0.1, 0.15) is 11.4 Å². The molecule has 1 aromatic heterocycles. The molecule has 1 heterocycles. The predicted octanol–water partition coefficient (Wildman–Crippen LogP) is 5.47. The molecule has 0 radical (unpaired) electrons. The second kappa shape index (κ2) is 9.87. The van der Waals surface area contributed by atoms with Gasteiger partial charge in [0.15, 0.2) is 0 Å². The highest BCUT2D eigenvalue weighted by atomic mass is 16.6. The number of hydrogen-bond acceptors (Lipinski definition) is 5. The number of phenols is 1. The first kappa shape index (κ1) is 25.0. The summed E-state index contributed by atoms with van der Waals surface area (Å²) in [6.07, 6.45) is 1.25. The standard InChI is InChI=1S/C29H30N2O5/c1-29(2,3)36-28(35)31-17-23(13-21-8-5-9-22(27(21)34)15-26(32)33)24-14-20(10-11-25(24)31)19-7-4-6-18(12-19)16-30/h4-12,14,17,34H,13,15-16,30H2,1-3H3,(H,32,33). The summed E-state index contributed by atoms with van der Waals surface area (Å²) >= 11 is 0. The molecule has 0 aliphatic carbocycles. The Labute approximate surface area is 209 Å². The van der Waals surface area contributed by atoms with Crippen molar-refractivity contribution in [1.29, 1.82) is 0 Å². The minimum absolute atomic E-state index is 0.0510. The first-order valence-electron chi connectivity index (χ1n) is 11.7. The van der Waals surface area contributed by atoms with Crippen molar-refractivity contribution in [2.75, 3.05) is 0 Å². The number of aliphatic carboxylic acids is 1. The van der Waals surface area contributed by atoms with E-state index in [9.17, 15) is 19.8 Å². The lowest BCUT2D eigenvalue weighted by Gasteiger charge is -2.19. The third kappa shape index (κ3) is 5.42. The summed E-state index contributed by atoms with van der Waals surface area (Å²) in [6, 6.07) is 18.9. The first-order valence-corrected chi connectivity index (χ1v) is 11.7. The first-order chi connectivity index (χ1) is 17.1. The molecule has 7 nitrogen and oxygen atoms in total. The van der Waals surface area contributed by atoms with Crippen LogP contribution in [0, 0.1) is 0 Å². The Bertz CT molecular complexity index is 1450. The van der Waals surface area contributed by atoms with Gasteiger partial charge in [0, 0.05) is 30.1 Å². The molecule has 0 atom stereocenters. The minimum Gasteiger partial charge on any atom is -0.507 e. The van der Waals surface area contributed by atoms with Crippen LogP contribution < -0.4 is 5.73 Å². The Morgan fingerprint density at radius 3 is 2.33 bits per heavy atom. The highest BCUT2D eigenvalue weighted by Crippen LogP contribution is 2.33. The molecule has 0 amide bonds. The molecule has 4 rings (SSSR count). The van der Waals surface area contributed by atoms with Gasteiger partial charge in [0.25, 0.3) is 0 Å². The molecule has 0 aliphatic rings. The second-order valence-corrected chi connectivity index (χ2v) is 9.81. The van der Waals surface area contributed by atoms with E-state index in [1.807, 2.05) is 63.2 Å². The summed E-state index contributed by atoms with van der Waals surface area (Å²) in [6.45, 7) is 5.87.